The van der Waals surface area contributed by atoms with E-state index in [2.05, 4.69) is 5.32 Å². The van der Waals surface area contributed by atoms with Gasteiger partial charge in [-0.25, -0.2) is 0 Å². The molecule has 2 rings (SSSR count). The van der Waals surface area contributed by atoms with Crippen LogP contribution in [0.2, 0.25) is 0 Å². The number of hydrogen-bond acceptors (Lipinski definition) is 5. The number of amides is 2. The van der Waals surface area contributed by atoms with Crippen molar-refractivity contribution in [2.75, 3.05) is 0 Å². The van der Waals surface area contributed by atoms with E-state index in [0.717, 1.165) is 0 Å². The standard InChI is InChI=1S/C13H15N3O3/c1-7-3-13(4-8(2)19-7)9(5-14)11(17)16-12(18)10(13)6-15/h7-10H,3-4H2,1-2H3,(H,16,17,18)/t7-,8+,9-,10-/m1/s1. The van der Waals surface area contributed by atoms with Crippen molar-refractivity contribution in [2.45, 2.75) is 38.9 Å². The van der Waals surface area contributed by atoms with Crippen molar-refractivity contribution in [3.63, 3.8) is 0 Å². The normalized spacial score (nSPS) is 37.3. The van der Waals surface area contributed by atoms with E-state index in [1.54, 1.807) is 0 Å². The topological polar surface area (TPSA) is 103 Å². The second kappa shape index (κ2) is 4.64. The van der Waals surface area contributed by atoms with Crippen molar-refractivity contribution in [1.29, 1.82) is 10.5 Å². The van der Waals surface area contributed by atoms with Crippen LogP contribution in [0.25, 0.3) is 0 Å². The van der Waals surface area contributed by atoms with Crippen molar-refractivity contribution in [3.8, 4) is 12.1 Å². The SMILES string of the molecule is C[C@@H]1CC2(C[C@H](C)O1)[C@H](C#N)C(=O)NC(=O)[C@H]2C#N. The molecular weight excluding hydrogens is 246 g/mol. The Bertz CT molecular complexity index is 458. The lowest BCUT2D eigenvalue weighted by molar-refractivity contribution is -0.160. The number of ether oxygens (including phenoxy) is 1. The molecule has 1 spiro atoms. The van der Waals surface area contributed by atoms with E-state index in [9.17, 15) is 20.1 Å². The van der Waals surface area contributed by atoms with Gasteiger partial charge in [0.15, 0.2) is 0 Å². The lowest BCUT2D eigenvalue weighted by Gasteiger charge is -2.48. The quantitative estimate of drug-likeness (QED) is 0.639. The first-order chi connectivity index (χ1) is 8.94. The Hall–Kier alpha value is -1.92. The molecule has 0 radical (unpaired) electrons. The molecule has 2 fully saturated rings. The molecule has 0 aliphatic carbocycles. The number of rotatable bonds is 0. The maximum Gasteiger partial charge on any atom is 0.244 e. The molecule has 2 aliphatic heterocycles. The second-order valence-corrected chi connectivity index (χ2v) is 5.38. The van der Waals surface area contributed by atoms with Gasteiger partial charge in [0.05, 0.1) is 24.3 Å². The zero-order valence-electron chi connectivity index (χ0n) is 10.8. The molecule has 0 saturated carbocycles. The number of nitriles is 2. The summed E-state index contributed by atoms with van der Waals surface area (Å²) in [5.74, 6) is -3.16. The summed E-state index contributed by atoms with van der Waals surface area (Å²) in [6.07, 6.45) is 0.364. The fourth-order valence-electron chi connectivity index (χ4n) is 3.45. The zero-order chi connectivity index (χ0) is 14.2. The van der Waals surface area contributed by atoms with Gasteiger partial charge in [-0.05, 0) is 26.7 Å². The van der Waals surface area contributed by atoms with Gasteiger partial charge in [0, 0.05) is 5.41 Å². The van der Waals surface area contributed by atoms with Crippen LogP contribution in [0.4, 0.5) is 0 Å². The first kappa shape index (κ1) is 13.5. The van der Waals surface area contributed by atoms with Crippen LogP contribution < -0.4 is 5.32 Å². The Kier molecular flexibility index (Phi) is 3.30. The van der Waals surface area contributed by atoms with Crippen LogP contribution in [0.5, 0.6) is 0 Å². The number of carbonyl (C=O) groups is 2. The van der Waals surface area contributed by atoms with Crippen molar-refractivity contribution in [1.82, 2.24) is 5.32 Å². The Labute approximate surface area is 111 Å². The van der Waals surface area contributed by atoms with E-state index >= 15 is 0 Å². The van der Waals surface area contributed by atoms with Crippen molar-refractivity contribution in [3.05, 3.63) is 0 Å². The van der Waals surface area contributed by atoms with E-state index in [-0.39, 0.29) is 12.2 Å². The van der Waals surface area contributed by atoms with E-state index in [4.69, 9.17) is 4.74 Å². The van der Waals surface area contributed by atoms with E-state index < -0.39 is 29.1 Å². The van der Waals surface area contributed by atoms with Crippen LogP contribution in [0.1, 0.15) is 26.7 Å². The minimum absolute atomic E-state index is 0.186. The first-order valence-corrected chi connectivity index (χ1v) is 6.24. The van der Waals surface area contributed by atoms with Gasteiger partial charge in [0.25, 0.3) is 0 Å². The van der Waals surface area contributed by atoms with Crippen LogP contribution in [0.15, 0.2) is 0 Å². The summed E-state index contributed by atoms with van der Waals surface area (Å²) in [4.78, 5) is 23.8. The van der Waals surface area contributed by atoms with Crippen molar-refractivity contribution in [2.24, 2.45) is 17.3 Å². The summed E-state index contributed by atoms with van der Waals surface area (Å²) in [6.45, 7) is 3.66. The fourth-order valence-corrected chi connectivity index (χ4v) is 3.45. The third-order valence-electron chi connectivity index (χ3n) is 3.98. The molecule has 19 heavy (non-hydrogen) atoms. The number of imide groups is 1. The van der Waals surface area contributed by atoms with Crippen LogP contribution >= 0.6 is 0 Å². The summed E-state index contributed by atoms with van der Waals surface area (Å²) in [7, 11) is 0. The number of carbonyl (C=O) groups excluding carboxylic acids is 2. The summed E-state index contributed by atoms with van der Waals surface area (Å²) in [5.41, 5.74) is -0.931. The molecule has 0 aromatic heterocycles. The molecule has 4 atom stereocenters. The molecule has 100 valence electrons. The lowest BCUT2D eigenvalue weighted by Crippen LogP contribution is -2.60. The third kappa shape index (κ3) is 1.98. The molecule has 0 aromatic carbocycles. The molecule has 2 saturated heterocycles. The molecular formula is C13H15N3O3. The molecule has 0 aromatic rings. The lowest BCUT2D eigenvalue weighted by atomic mass is 9.58. The number of nitrogens with zero attached hydrogens (tertiary/aromatic N) is 2. The molecule has 2 aliphatic rings. The van der Waals surface area contributed by atoms with Gasteiger partial charge in [-0.2, -0.15) is 10.5 Å². The third-order valence-corrected chi connectivity index (χ3v) is 3.98. The van der Waals surface area contributed by atoms with Gasteiger partial charge < -0.3 is 4.74 Å². The number of nitrogens with one attached hydrogen (secondary N) is 1. The highest BCUT2D eigenvalue weighted by Crippen LogP contribution is 2.50. The van der Waals surface area contributed by atoms with Crippen molar-refractivity contribution >= 4 is 11.8 Å². The van der Waals surface area contributed by atoms with Gasteiger partial charge >= 0.3 is 0 Å². The Morgan fingerprint density at radius 3 is 1.89 bits per heavy atom. The minimum Gasteiger partial charge on any atom is -0.376 e. The van der Waals surface area contributed by atoms with Crippen LogP contribution in [0, 0.1) is 39.9 Å². The average Bonchev–Trinajstić information content (AvgIpc) is 2.27. The zero-order valence-corrected chi connectivity index (χ0v) is 10.8. The van der Waals surface area contributed by atoms with E-state index in [1.807, 2.05) is 26.0 Å². The fraction of sp³-hybridized carbons (Fsp3) is 0.692. The maximum atomic E-state index is 11.9. The number of hydrogen-bond donors (Lipinski definition) is 1. The van der Waals surface area contributed by atoms with Gasteiger partial charge in [-0.15, -0.1) is 0 Å². The average molecular weight is 261 g/mol. The molecule has 0 unspecified atom stereocenters. The predicted molar refractivity (Wildman–Crippen MR) is 63.0 cm³/mol. The maximum absolute atomic E-state index is 11.9. The van der Waals surface area contributed by atoms with E-state index in [1.165, 1.54) is 0 Å². The Balaban J connectivity index is 2.51. The highest BCUT2D eigenvalue weighted by Gasteiger charge is 2.58. The molecule has 6 heteroatoms. The molecule has 1 N–H and O–H groups in total. The monoisotopic (exact) mass is 261 g/mol. The van der Waals surface area contributed by atoms with Crippen LogP contribution in [0.3, 0.4) is 0 Å². The van der Waals surface area contributed by atoms with Crippen molar-refractivity contribution < 1.29 is 14.3 Å². The molecule has 6 nitrogen and oxygen atoms in total. The highest BCUT2D eigenvalue weighted by molar-refractivity contribution is 6.03. The summed E-state index contributed by atoms with van der Waals surface area (Å²) in [6, 6.07) is 3.94. The molecule has 2 amide bonds. The van der Waals surface area contributed by atoms with Crippen LogP contribution in [-0.4, -0.2) is 24.0 Å². The smallest absolute Gasteiger partial charge is 0.244 e. The first-order valence-electron chi connectivity index (χ1n) is 6.24. The Morgan fingerprint density at radius 1 is 1.11 bits per heavy atom. The molecule has 0 bridgehead atoms. The largest absolute Gasteiger partial charge is 0.376 e. The van der Waals surface area contributed by atoms with Crippen LogP contribution in [-0.2, 0) is 14.3 Å². The summed E-state index contributed by atoms with van der Waals surface area (Å²) >= 11 is 0. The van der Waals surface area contributed by atoms with Gasteiger partial charge in [-0.3, -0.25) is 14.9 Å². The summed E-state index contributed by atoms with van der Waals surface area (Å²) in [5, 5.41) is 20.7. The highest BCUT2D eigenvalue weighted by atomic mass is 16.5. The Morgan fingerprint density at radius 2 is 1.53 bits per heavy atom. The number of piperidine rings is 1. The predicted octanol–water partition coefficient (Wildman–Crippen LogP) is 0.496. The second-order valence-electron chi connectivity index (χ2n) is 5.38. The van der Waals surface area contributed by atoms with Gasteiger partial charge in [-0.1, -0.05) is 0 Å². The summed E-state index contributed by atoms with van der Waals surface area (Å²) < 4.78 is 5.61. The van der Waals surface area contributed by atoms with E-state index in [0.29, 0.717) is 12.8 Å². The van der Waals surface area contributed by atoms with Gasteiger partial charge in [0.2, 0.25) is 11.8 Å². The minimum atomic E-state index is -0.983. The molecule has 2 heterocycles. The van der Waals surface area contributed by atoms with Gasteiger partial charge in [0.1, 0.15) is 11.8 Å².